The van der Waals surface area contributed by atoms with E-state index >= 15 is 0 Å². The number of rotatable bonds is 3. The van der Waals surface area contributed by atoms with Gasteiger partial charge < -0.3 is 10.1 Å². The van der Waals surface area contributed by atoms with Crippen LogP contribution in [0, 0.1) is 0 Å². The fourth-order valence-electron chi connectivity index (χ4n) is 3.22. The fraction of sp³-hybridized carbons (Fsp3) is 0.571. The zero-order valence-electron chi connectivity index (χ0n) is 11.0. The number of ether oxygens (including phenoxy) is 1. The van der Waals surface area contributed by atoms with Crippen LogP contribution in [0.25, 0.3) is 0 Å². The minimum atomic E-state index is -3.21. The first-order valence-electron chi connectivity index (χ1n) is 6.73. The molecule has 0 saturated carbocycles. The molecule has 2 aliphatic heterocycles. The minimum absolute atomic E-state index is 0.236. The largest absolute Gasteiger partial charge is 0.497 e. The fourth-order valence-corrected chi connectivity index (χ4v) is 5.09. The Morgan fingerprint density at radius 1 is 1.11 bits per heavy atom. The molecule has 2 saturated heterocycles. The van der Waals surface area contributed by atoms with Crippen LogP contribution in [0.1, 0.15) is 25.7 Å². The van der Waals surface area contributed by atoms with Gasteiger partial charge in [0.25, 0.3) is 0 Å². The predicted molar refractivity (Wildman–Crippen MR) is 73.1 cm³/mol. The van der Waals surface area contributed by atoms with E-state index in [2.05, 4.69) is 5.32 Å². The third-order valence-corrected chi connectivity index (χ3v) is 6.45. The van der Waals surface area contributed by atoms with Gasteiger partial charge in [0.15, 0.2) is 9.84 Å². The molecule has 3 rings (SSSR count). The Labute approximate surface area is 114 Å². The monoisotopic (exact) mass is 281 g/mol. The van der Waals surface area contributed by atoms with Gasteiger partial charge in [-0.05, 0) is 49.9 Å². The van der Waals surface area contributed by atoms with Gasteiger partial charge >= 0.3 is 0 Å². The molecule has 0 spiro atoms. The maximum absolute atomic E-state index is 12.6. The second-order valence-electron chi connectivity index (χ2n) is 5.45. The Hall–Kier alpha value is -1.07. The first kappa shape index (κ1) is 12.9. The Balaban J connectivity index is 1.85. The molecule has 0 radical (unpaired) electrons. The highest BCUT2D eigenvalue weighted by Gasteiger charge is 2.40. The lowest BCUT2D eigenvalue weighted by Gasteiger charge is -2.28. The van der Waals surface area contributed by atoms with Crippen LogP contribution in [0.4, 0.5) is 0 Å². The molecule has 2 heterocycles. The molecule has 2 fully saturated rings. The average molecular weight is 281 g/mol. The van der Waals surface area contributed by atoms with Crippen LogP contribution >= 0.6 is 0 Å². The standard InChI is InChI=1S/C14H19NO3S/c1-18-12-4-6-13(7-5-12)19(16,17)14-8-10-2-3-11(9-14)15-10/h4-7,10-11,14-15H,2-3,8-9H2,1H3/t10-,11+,14?. The number of hydrogen-bond donors (Lipinski definition) is 1. The van der Waals surface area contributed by atoms with E-state index in [1.807, 2.05) is 0 Å². The highest BCUT2D eigenvalue weighted by atomic mass is 32.2. The molecular formula is C14H19NO3S. The molecule has 2 aliphatic rings. The van der Waals surface area contributed by atoms with Crippen molar-refractivity contribution in [1.29, 1.82) is 0 Å². The summed E-state index contributed by atoms with van der Waals surface area (Å²) in [4.78, 5) is 0.416. The summed E-state index contributed by atoms with van der Waals surface area (Å²) in [5, 5.41) is 3.24. The summed E-state index contributed by atoms with van der Waals surface area (Å²) in [6.07, 6.45) is 3.70. The summed E-state index contributed by atoms with van der Waals surface area (Å²) in [7, 11) is -1.63. The lowest BCUT2D eigenvalue weighted by molar-refractivity contribution is 0.400. The minimum Gasteiger partial charge on any atom is -0.497 e. The third kappa shape index (κ3) is 2.37. The van der Waals surface area contributed by atoms with Crippen molar-refractivity contribution in [3.63, 3.8) is 0 Å². The van der Waals surface area contributed by atoms with E-state index in [-0.39, 0.29) is 5.25 Å². The molecule has 0 amide bonds. The number of sulfone groups is 1. The normalized spacial score (nSPS) is 30.3. The molecule has 0 aliphatic carbocycles. The van der Waals surface area contributed by atoms with Gasteiger partial charge in [-0.2, -0.15) is 0 Å². The van der Waals surface area contributed by atoms with Crippen LogP contribution in [-0.2, 0) is 9.84 Å². The summed E-state index contributed by atoms with van der Waals surface area (Å²) >= 11 is 0. The molecule has 1 unspecified atom stereocenters. The van der Waals surface area contributed by atoms with E-state index in [0.717, 1.165) is 25.7 Å². The summed E-state index contributed by atoms with van der Waals surface area (Å²) < 4.78 is 30.3. The highest BCUT2D eigenvalue weighted by Crippen LogP contribution is 2.33. The molecule has 4 nitrogen and oxygen atoms in total. The molecule has 2 bridgehead atoms. The molecule has 1 aromatic rings. The van der Waals surface area contributed by atoms with Gasteiger partial charge in [-0.25, -0.2) is 8.42 Å². The van der Waals surface area contributed by atoms with E-state index in [4.69, 9.17) is 4.74 Å². The Bertz CT molecular complexity index is 541. The molecule has 5 heteroatoms. The Kier molecular flexibility index (Phi) is 3.27. The number of nitrogens with one attached hydrogen (secondary N) is 1. The number of fused-ring (bicyclic) bond motifs is 2. The zero-order valence-corrected chi connectivity index (χ0v) is 11.8. The van der Waals surface area contributed by atoms with Gasteiger partial charge in [0.1, 0.15) is 5.75 Å². The molecule has 1 N–H and O–H groups in total. The van der Waals surface area contributed by atoms with Gasteiger partial charge in [-0.1, -0.05) is 0 Å². The van der Waals surface area contributed by atoms with E-state index in [1.54, 1.807) is 31.4 Å². The SMILES string of the molecule is COc1ccc(S(=O)(=O)C2C[C@H]3CC[C@@H](C2)N3)cc1. The van der Waals surface area contributed by atoms with Crippen LogP contribution in [-0.4, -0.2) is 32.9 Å². The predicted octanol–water partition coefficient (Wildman–Crippen LogP) is 1.75. The van der Waals surface area contributed by atoms with Crippen molar-refractivity contribution >= 4 is 9.84 Å². The first-order valence-corrected chi connectivity index (χ1v) is 8.28. The van der Waals surface area contributed by atoms with Crippen LogP contribution in [0.2, 0.25) is 0 Å². The number of benzene rings is 1. The number of methoxy groups -OCH3 is 1. The van der Waals surface area contributed by atoms with E-state index in [0.29, 0.717) is 22.7 Å². The smallest absolute Gasteiger partial charge is 0.181 e. The van der Waals surface area contributed by atoms with Crippen molar-refractivity contribution in [1.82, 2.24) is 5.32 Å². The van der Waals surface area contributed by atoms with Gasteiger partial charge in [0.2, 0.25) is 0 Å². The Morgan fingerprint density at radius 2 is 1.68 bits per heavy atom. The number of piperidine rings is 1. The number of hydrogen-bond acceptors (Lipinski definition) is 4. The second-order valence-corrected chi connectivity index (χ2v) is 7.68. The van der Waals surface area contributed by atoms with Crippen molar-refractivity contribution in [2.75, 3.05) is 7.11 Å². The summed E-state index contributed by atoms with van der Waals surface area (Å²) in [5.74, 6) is 0.685. The van der Waals surface area contributed by atoms with E-state index in [9.17, 15) is 8.42 Å². The van der Waals surface area contributed by atoms with Crippen molar-refractivity contribution in [3.05, 3.63) is 24.3 Å². The lowest BCUT2D eigenvalue weighted by Crippen LogP contribution is -2.43. The van der Waals surface area contributed by atoms with Gasteiger partial charge in [-0.15, -0.1) is 0 Å². The van der Waals surface area contributed by atoms with Crippen molar-refractivity contribution in [3.8, 4) is 5.75 Å². The van der Waals surface area contributed by atoms with Crippen LogP contribution in [0.15, 0.2) is 29.2 Å². The highest BCUT2D eigenvalue weighted by molar-refractivity contribution is 7.92. The molecule has 19 heavy (non-hydrogen) atoms. The first-order chi connectivity index (χ1) is 9.09. The van der Waals surface area contributed by atoms with Crippen LogP contribution < -0.4 is 10.1 Å². The summed E-state index contributed by atoms with van der Waals surface area (Å²) in [5.41, 5.74) is 0. The van der Waals surface area contributed by atoms with Crippen molar-refractivity contribution in [2.45, 2.75) is 47.9 Å². The Morgan fingerprint density at radius 3 is 2.21 bits per heavy atom. The maximum Gasteiger partial charge on any atom is 0.181 e. The zero-order chi connectivity index (χ0) is 13.5. The molecule has 104 valence electrons. The van der Waals surface area contributed by atoms with E-state index < -0.39 is 9.84 Å². The van der Waals surface area contributed by atoms with Gasteiger partial charge in [0, 0.05) is 12.1 Å². The van der Waals surface area contributed by atoms with Crippen LogP contribution in [0.5, 0.6) is 5.75 Å². The van der Waals surface area contributed by atoms with Gasteiger partial charge in [0.05, 0.1) is 17.3 Å². The van der Waals surface area contributed by atoms with Crippen LogP contribution in [0.3, 0.4) is 0 Å². The summed E-state index contributed by atoms with van der Waals surface area (Å²) in [6, 6.07) is 7.50. The molecule has 3 atom stereocenters. The maximum atomic E-state index is 12.6. The topological polar surface area (TPSA) is 55.4 Å². The molecular weight excluding hydrogens is 262 g/mol. The molecule has 0 aromatic heterocycles. The third-order valence-electron chi connectivity index (χ3n) is 4.26. The van der Waals surface area contributed by atoms with Gasteiger partial charge in [-0.3, -0.25) is 0 Å². The van der Waals surface area contributed by atoms with Crippen molar-refractivity contribution < 1.29 is 13.2 Å². The lowest BCUT2D eigenvalue weighted by atomic mass is 10.1. The molecule has 1 aromatic carbocycles. The summed E-state index contributed by atoms with van der Waals surface area (Å²) in [6.45, 7) is 0. The average Bonchev–Trinajstić information content (AvgIpc) is 2.77. The second kappa shape index (κ2) is 4.80. The van der Waals surface area contributed by atoms with Crippen molar-refractivity contribution in [2.24, 2.45) is 0 Å². The quantitative estimate of drug-likeness (QED) is 0.917. The van der Waals surface area contributed by atoms with E-state index in [1.165, 1.54) is 0 Å².